The minimum Gasteiger partial charge on any atom is -0.343 e. The first-order chi connectivity index (χ1) is 12.0. The number of amides is 2. The number of carbonyl (C=O) groups excluding carboxylic acids is 2. The van der Waals surface area contributed by atoms with Gasteiger partial charge >= 0.3 is 0 Å². The van der Waals surface area contributed by atoms with Crippen LogP contribution in [0.1, 0.15) is 35.9 Å². The van der Waals surface area contributed by atoms with E-state index in [1.54, 1.807) is 30.3 Å². The van der Waals surface area contributed by atoms with Crippen molar-refractivity contribution in [1.82, 2.24) is 15.3 Å². The molecule has 0 saturated heterocycles. The monoisotopic (exact) mass is 336 g/mol. The van der Waals surface area contributed by atoms with E-state index >= 15 is 0 Å². The van der Waals surface area contributed by atoms with Gasteiger partial charge in [0, 0.05) is 17.2 Å². The Kier molecular flexibility index (Phi) is 4.79. The number of nitrogens with zero attached hydrogens (tertiary/aromatic N) is 1. The number of benzene rings is 2. The number of anilines is 1. The second-order valence-corrected chi connectivity index (χ2v) is 6.11. The van der Waals surface area contributed by atoms with Gasteiger partial charge in [0.15, 0.2) is 0 Å². The van der Waals surface area contributed by atoms with E-state index in [1.165, 1.54) is 0 Å². The average molecular weight is 336 g/mol. The Bertz CT molecular complexity index is 900. The van der Waals surface area contributed by atoms with E-state index in [0.29, 0.717) is 17.2 Å². The maximum Gasteiger partial charge on any atom is 0.251 e. The number of imidazole rings is 1. The lowest BCUT2D eigenvalue weighted by molar-refractivity contribution is -0.115. The van der Waals surface area contributed by atoms with Gasteiger partial charge in [-0.05, 0) is 30.3 Å². The summed E-state index contributed by atoms with van der Waals surface area (Å²) >= 11 is 0. The molecular weight excluding hydrogens is 316 g/mol. The maximum atomic E-state index is 12.0. The lowest BCUT2D eigenvalue weighted by atomic mass is 10.2. The standard InChI is InChI=1S/C19H20N4O2/c1-12(2)18-22-15-9-8-14(10-16(15)23-18)21-17(24)11-20-19(25)13-6-4-3-5-7-13/h3-10,12H,11H2,1-2H3,(H,20,25)(H,21,24)(H,22,23). The van der Waals surface area contributed by atoms with Gasteiger partial charge in [-0.1, -0.05) is 32.0 Å². The Morgan fingerprint density at radius 3 is 2.60 bits per heavy atom. The van der Waals surface area contributed by atoms with Crippen molar-refractivity contribution in [3.05, 3.63) is 59.9 Å². The smallest absolute Gasteiger partial charge is 0.251 e. The van der Waals surface area contributed by atoms with E-state index < -0.39 is 0 Å². The summed E-state index contributed by atoms with van der Waals surface area (Å²) in [6, 6.07) is 14.3. The predicted molar refractivity (Wildman–Crippen MR) is 97.6 cm³/mol. The minimum absolute atomic E-state index is 0.0913. The van der Waals surface area contributed by atoms with Crippen molar-refractivity contribution < 1.29 is 9.59 Å². The van der Waals surface area contributed by atoms with E-state index in [9.17, 15) is 9.59 Å². The highest BCUT2D eigenvalue weighted by molar-refractivity contribution is 5.99. The van der Waals surface area contributed by atoms with E-state index in [2.05, 4.69) is 34.4 Å². The normalized spacial score (nSPS) is 10.8. The molecule has 0 bridgehead atoms. The summed E-state index contributed by atoms with van der Waals surface area (Å²) in [7, 11) is 0. The molecule has 2 aromatic carbocycles. The molecule has 2 amide bonds. The zero-order valence-corrected chi connectivity index (χ0v) is 14.2. The molecule has 0 aliphatic carbocycles. The molecule has 3 rings (SSSR count). The predicted octanol–water partition coefficient (Wildman–Crippen LogP) is 3.05. The van der Waals surface area contributed by atoms with E-state index in [-0.39, 0.29) is 18.4 Å². The Hall–Kier alpha value is -3.15. The van der Waals surface area contributed by atoms with Crippen molar-refractivity contribution >= 4 is 28.5 Å². The van der Waals surface area contributed by atoms with Crippen molar-refractivity contribution in [1.29, 1.82) is 0 Å². The number of aromatic nitrogens is 2. The topological polar surface area (TPSA) is 86.9 Å². The zero-order chi connectivity index (χ0) is 17.8. The molecule has 0 saturated carbocycles. The van der Waals surface area contributed by atoms with Crippen LogP contribution in [0.5, 0.6) is 0 Å². The number of hydrogen-bond acceptors (Lipinski definition) is 3. The molecule has 0 aliphatic heterocycles. The molecular formula is C19H20N4O2. The number of rotatable bonds is 5. The van der Waals surface area contributed by atoms with Crippen molar-refractivity contribution in [3.8, 4) is 0 Å². The molecule has 0 atom stereocenters. The van der Waals surface area contributed by atoms with Gasteiger partial charge in [0.2, 0.25) is 5.91 Å². The molecule has 0 aliphatic rings. The third-order valence-corrected chi connectivity index (χ3v) is 3.78. The van der Waals surface area contributed by atoms with Crippen molar-refractivity contribution in [2.75, 3.05) is 11.9 Å². The van der Waals surface area contributed by atoms with Crippen LogP contribution in [-0.2, 0) is 4.79 Å². The Balaban J connectivity index is 1.61. The number of H-pyrrole nitrogens is 1. The van der Waals surface area contributed by atoms with E-state index in [4.69, 9.17) is 0 Å². The van der Waals surface area contributed by atoms with Gasteiger partial charge in [-0.15, -0.1) is 0 Å². The van der Waals surface area contributed by atoms with E-state index in [1.807, 2.05) is 18.2 Å². The van der Waals surface area contributed by atoms with Gasteiger partial charge in [0.25, 0.3) is 5.91 Å². The molecule has 6 heteroatoms. The molecule has 6 nitrogen and oxygen atoms in total. The summed E-state index contributed by atoms with van der Waals surface area (Å²) in [5, 5.41) is 5.38. The molecule has 3 aromatic rings. The lowest BCUT2D eigenvalue weighted by Crippen LogP contribution is -2.32. The largest absolute Gasteiger partial charge is 0.343 e. The fourth-order valence-corrected chi connectivity index (χ4v) is 2.44. The van der Waals surface area contributed by atoms with Crippen LogP contribution in [0.15, 0.2) is 48.5 Å². The summed E-state index contributed by atoms with van der Waals surface area (Å²) < 4.78 is 0. The molecule has 1 aromatic heterocycles. The summed E-state index contributed by atoms with van der Waals surface area (Å²) in [5.74, 6) is 0.654. The van der Waals surface area contributed by atoms with Gasteiger partial charge < -0.3 is 15.6 Å². The summed E-state index contributed by atoms with van der Waals surface area (Å²) in [6.45, 7) is 4.04. The number of hydrogen-bond donors (Lipinski definition) is 3. The molecule has 128 valence electrons. The highest BCUT2D eigenvalue weighted by Crippen LogP contribution is 2.20. The second-order valence-electron chi connectivity index (χ2n) is 6.11. The molecule has 0 spiro atoms. The quantitative estimate of drug-likeness (QED) is 0.669. The van der Waals surface area contributed by atoms with Gasteiger partial charge in [-0.25, -0.2) is 4.98 Å². The van der Waals surface area contributed by atoms with Crippen molar-refractivity contribution in [2.24, 2.45) is 0 Å². The first kappa shape index (κ1) is 16.7. The molecule has 25 heavy (non-hydrogen) atoms. The molecule has 1 heterocycles. The Labute approximate surface area is 145 Å². The summed E-state index contributed by atoms with van der Waals surface area (Å²) in [5.41, 5.74) is 2.91. The van der Waals surface area contributed by atoms with Crippen molar-refractivity contribution in [3.63, 3.8) is 0 Å². The second kappa shape index (κ2) is 7.17. The van der Waals surface area contributed by atoms with Gasteiger partial charge in [0.1, 0.15) is 5.82 Å². The number of nitrogens with one attached hydrogen (secondary N) is 3. The summed E-state index contributed by atoms with van der Waals surface area (Å²) in [4.78, 5) is 31.7. The Morgan fingerprint density at radius 1 is 1.12 bits per heavy atom. The molecule has 0 radical (unpaired) electrons. The van der Waals surface area contributed by atoms with Gasteiger partial charge in [0.05, 0.1) is 17.6 Å². The van der Waals surface area contributed by atoms with Crippen LogP contribution in [-0.4, -0.2) is 28.3 Å². The highest BCUT2D eigenvalue weighted by Gasteiger charge is 2.10. The van der Waals surface area contributed by atoms with Gasteiger partial charge in [-0.2, -0.15) is 0 Å². The number of fused-ring (bicyclic) bond motifs is 1. The summed E-state index contributed by atoms with van der Waals surface area (Å²) in [6.07, 6.45) is 0. The number of carbonyl (C=O) groups is 2. The van der Waals surface area contributed by atoms with Crippen LogP contribution < -0.4 is 10.6 Å². The first-order valence-electron chi connectivity index (χ1n) is 8.15. The van der Waals surface area contributed by atoms with E-state index in [0.717, 1.165) is 16.9 Å². The van der Waals surface area contributed by atoms with Crippen molar-refractivity contribution in [2.45, 2.75) is 19.8 Å². The van der Waals surface area contributed by atoms with Crippen LogP contribution >= 0.6 is 0 Å². The first-order valence-corrected chi connectivity index (χ1v) is 8.15. The molecule has 0 fully saturated rings. The SMILES string of the molecule is CC(C)c1nc2ccc(NC(=O)CNC(=O)c3ccccc3)cc2[nH]1. The fourth-order valence-electron chi connectivity index (χ4n) is 2.44. The third kappa shape index (κ3) is 4.03. The van der Waals surface area contributed by atoms with Crippen LogP contribution in [0.3, 0.4) is 0 Å². The minimum atomic E-state index is -0.285. The molecule has 0 unspecified atom stereocenters. The molecule has 3 N–H and O–H groups in total. The maximum absolute atomic E-state index is 12.0. The fraction of sp³-hybridized carbons (Fsp3) is 0.211. The highest BCUT2D eigenvalue weighted by atomic mass is 16.2. The Morgan fingerprint density at radius 2 is 1.88 bits per heavy atom. The lowest BCUT2D eigenvalue weighted by Gasteiger charge is -2.07. The van der Waals surface area contributed by atoms with Crippen LogP contribution in [0.4, 0.5) is 5.69 Å². The third-order valence-electron chi connectivity index (χ3n) is 3.78. The average Bonchev–Trinajstić information content (AvgIpc) is 3.04. The zero-order valence-electron chi connectivity index (χ0n) is 14.2. The van der Waals surface area contributed by atoms with Gasteiger partial charge in [-0.3, -0.25) is 9.59 Å². The number of aromatic amines is 1. The van der Waals surface area contributed by atoms with Crippen LogP contribution in [0.25, 0.3) is 11.0 Å². The van der Waals surface area contributed by atoms with Crippen LogP contribution in [0, 0.1) is 0 Å². The van der Waals surface area contributed by atoms with Crippen LogP contribution in [0.2, 0.25) is 0 Å².